The number of halogens is 1. The Morgan fingerprint density at radius 3 is 1.64 bits per heavy atom. The molecule has 0 aromatic heterocycles. The van der Waals surface area contributed by atoms with Crippen LogP contribution in [0.4, 0.5) is 0 Å². The van der Waals surface area contributed by atoms with Gasteiger partial charge in [0.05, 0.1) is 6.61 Å². The molecule has 0 amide bonds. The molecule has 1 N–H and O–H groups in total. The Hall–Kier alpha value is -1.39. The Kier molecular flexibility index (Phi) is 7.33. The lowest BCUT2D eigenvalue weighted by Crippen LogP contribution is -2.66. The minimum atomic E-state index is -2.54. The van der Waals surface area contributed by atoms with Crippen molar-refractivity contribution in [2.24, 2.45) is 0 Å². The summed E-state index contributed by atoms with van der Waals surface area (Å²) in [5, 5.41) is 13.8. The maximum absolute atomic E-state index is 10.1. The molecule has 0 saturated carbocycles. The summed E-state index contributed by atoms with van der Waals surface area (Å²) in [6.07, 6.45) is 0. The molecule has 0 spiro atoms. The fourth-order valence-corrected chi connectivity index (χ4v) is 10.9. The highest BCUT2D eigenvalue weighted by atomic mass is 79.9. The summed E-state index contributed by atoms with van der Waals surface area (Å²) in [6.45, 7) is 13.7. The lowest BCUT2D eigenvalue weighted by molar-refractivity contribution is 0.340. The van der Waals surface area contributed by atoms with E-state index < -0.39 is 16.1 Å². The highest BCUT2D eigenvalue weighted by Gasteiger charge is 2.51. The van der Waals surface area contributed by atoms with Crippen LogP contribution in [0.1, 0.15) is 20.8 Å². The predicted molar refractivity (Wildman–Crippen MR) is 132 cm³/mol. The molecule has 0 radical (unpaired) electrons. The van der Waals surface area contributed by atoms with Gasteiger partial charge in [-0.15, -0.1) is 5.54 Å². The van der Waals surface area contributed by atoms with Crippen molar-refractivity contribution in [1.82, 2.24) is 0 Å². The predicted octanol–water partition coefficient (Wildman–Crippen LogP) is 5.11. The lowest BCUT2D eigenvalue weighted by Gasteiger charge is -2.45. The standard InChI is InChI=1S/C24H31BrOSi2/c1-24(2,3)28(20-13-9-7-10-14-20,21-15-11-8-12-16-21)23(22(25)19-26)17-18-27(4,5)6/h7-16,26H,19H2,1-6H3/b23-22-. The van der Waals surface area contributed by atoms with Crippen LogP contribution in [0.5, 0.6) is 0 Å². The van der Waals surface area contributed by atoms with Crippen LogP contribution in [0.25, 0.3) is 0 Å². The zero-order chi connectivity index (χ0) is 21.0. The molecule has 0 aliphatic rings. The Morgan fingerprint density at radius 2 is 1.32 bits per heavy atom. The highest BCUT2D eigenvalue weighted by molar-refractivity contribution is 9.11. The van der Waals surface area contributed by atoms with Gasteiger partial charge in [-0.2, -0.15) is 0 Å². The van der Waals surface area contributed by atoms with E-state index in [0.29, 0.717) is 0 Å². The van der Waals surface area contributed by atoms with Crippen molar-refractivity contribution in [2.45, 2.75) is 45.5 Å². The molecule has 1 nitrogen and oxygen atoms in total. The van der Waals surface area contributed by atoms with Crippen LogP contribution in [0, 0.1) is 11.5 Å². The summed E-state index contributed by atoms with van der Waals surface area (Å²) in [5.74, 6) is 3.60. The first-order chi connectivity index (χ1) is 13.0. The van der Waals surface area contributed by atoms with Crippen LogP contribution >= 0.6 is 15.9 Å². The maximum atomic E-state index is 10.1. The van der Waals surface area contributed by atoms with Gasteiger partial charge < -0.3 is 5.11 Å². The number of aliphatic hydroxyl groups is 1. The number of allylic oxidation sites excluding steroid dienone is 1. The summed E-state index contributed by atoms with van der Waals surface area (Å²) >= 11 is 3.71. The Bertz CT molecular complexity index is 840. The molecule has 0 unspecified atom stereocenters. The normalized spacial score (nSPS) is 13.4. The van der Waals surface area contributed by atoms with Gasteiger partial charge in [-0.25, -0.2) is 0 Å². The zero-order valence-corrected chi connectivity index (χ0v) is 21.4. The van der Waals surface area contributed by atoms with Crippen LogP contribution < -0.4 is 10.4 Å². The van der Waals surface area contributed by atoms with Gasteiger partial charge in [0.25, 0.3) is 0 Å². The topological polar surface area (TPSA) is 20.2 Å². The summed E-state index contributed by atoms with van der Waals surface area (Å²) in [7, 11) is -4.14. The first-order valence-corrected chi connectivity index (χ1v) is 16.0. The van der Waals surface area contributed by atoms with Crippen molar-refractivity contribution < 1.29 is 5.11 Å². The fourth-order valence-electron chi connectivity index (χ4n) is 3.77. The van der Waals surface area contributed by atoms with Gasteiger partial charge >= 0.3 is 0 Å². The third-order valence-corrected chi connectivity index (χ3v) is 12.6. The quantitative estimate of drug-likeness (QED) is 0.485. The molecular formula is C24H31BrOSi2. The molecule has 4 heteroatoms. The van der Waals surface area contributed by atoms with Gasteiger partial charge in [0.1, 0.15) is 8.07 Å². The van der Waals surface area contributed by atoms with Crippen LogP contribution in [-0.2, 0) is 0 Å². The third kappa shape index (κ3) is 4.77. The van der Waals surface area contributed by atoms with Crippen LogP contribution in [-0.4, -0.2) is 27.9 Å². The molecule has 2 rings (SSSR count). The molecular weight excluding hydrogens is 440 g/mol. The molecule has 0 atom stereocenters. The second-order valence-electron chi connectivity index (χ2n) is 9.17. The van der Waals surface area contributed by atoms with E-state index in [0.717, 1.165) is 9.68 Å². The van der Waals surface area contributed by atoms with E-state index in [4.69, 9.17) is 0 Å². The average Bonchev–Trinajstić information content (AvgIpc) is 2.64. The molecule has 2 aromatic rings. The van der Waals surface area contributed by atoms with Crippen LogP contribution in [0.2, 0.25) is 24.7 Å². The van der Waals surface area contributed by atoms with E-state index in [1.807, 2.05) is 0 Å². The minimum absolute atomic E-state index is 0.0415. The molecule has 28 heavy (non-hydrogen) atoms. The molecule has 0 bridgehead atoms. The highest BCUT2D eigenvalue weighted by Crippen LogP contribution is 2.42. The summed E-state index contributed by atoms with van der Waals surface area (Å²) in [6, 6.07) is 21.5. The second kappa shape index (κ2) is 8.96. The largest absolute Gasteiger partial charge is 0.391 e. The van der Waals surface area contributed by atoms with Gasteiger partial charge in [-0.3, -0.25) is 0 Å². The second-order valence-corrected chi connectivity index (χ2v) is 19.5. The number of hydrogen-bond acceptors (Lipinski definition) is 1. The van der Waals surface area contributed by atoms with Crippen molar-refractivity contribution in [1.29, 1.82) is 0 Å². The van der Waals surface area contributed by atoms with E-state index in [1.54, 1.807) is 0 Å². The molecule has 0 fully saturated rings. The van der Waals surface area contributed by atoms with Crippen LogP contribution in [0.15, 0.2) is 70.3 Å². The number of aliphatic hydroxyl groups excluding tert-OH is 1. The van der Waals surface area contributed by atoms with Crippen LogP contribution in [0.3, 0.4) is 0 Å². The molecule has 0 aliphatic heterocycles. The van der Waals surface area contributed by atoms with E-state index in [1.165, 1.54) is 10.4 Å². The molecule has 0 saturated heterocycles. The van der Waals surface area contributed by atoms with Gasteiger partial charge in [0.2, 0.25) is 0 Å². The monoisotopic (exact) mass is 470 g/mol. The minimum Gasteiger partial charge on any atom is -0.391 e. The van der Waals surface area contributed by atoms with Crippen molar-refractivity contribution >= 4 is 42.5 Å². The van der Waals surface area contributed by atoms with Gasteiger partial charge in [-0.1, -0.05) is 123 Å². The van der Waals surface area contributed by atoms with Gasteiger partial charge in [0, 0.05) is 9.68 Å². The average molecular weight is 472 g/mol. The Morgan fingerprint density at radius 1 is 0.893 bits per heavy atom. The maximum Gasteiger partial charge on any atom is 0.164 e. The van der Waals surface area contributed by atoms with E-state index >= 15 is 0 Å². The summed E-state index contributed by atoms with van der Waals surface area (Å²) in [5.41, 5.74) is 3.58. The van der Waals surface area contributed by atoms with E-state index in [2.05, 4.69) is 128 Å². The number of rotatable bonds is 4. The van der Waals surface area contributed by atoms with E-state index in [-0.39, 0.29) is 11.6 Å². The smallest absolute Gasteiger partial charge is 0.164 e. The molecule has 148 valence electrons. The first-order valence-electron chi connectivity index (χ1n) is 9.68. The first kappa shape index (κ1) is 22.9. The lowest BCUT2D eigenvalue weighted by atomic mass is 10.2. The molecule has 2 aromatic carbocycles. The number of benzene rings is 2. The van der Waals surface area contributed by atoms with E-state index in [9.17, 15) is 5.11 Å². The SMILES string of the molecule is CC(C)(C)[Si](/C(C#C[Si](C)(C)C)=C(\Br)CO)(c1ccccc1)c1ccccc1. The zero-order valence-electron chi connectivity index (χ0n) is 17.8. The van der Waals surface area contributed by atoms with Gasteiger partial charge in [0.15, 0.2) is 8.07 Å². The number of hydrogen-bond donors (Lipinski definition) is 1. The third-order valence-electron chi connectivity index (χ3n) is 4.89. The van der Waals surface area contributed by atoms with Crippen molar-refractivity contribution in [2.75, 3.05) is 6.61 Å². The van der Waals surface area contributed by atoms with Crippen molar-refractivity contribution in [3.05, 3.63) is 70.3 Å². The summed E-state index contributed by atoms with van der Waals surface area (Å²) in [4.78, 5) is 0. The Labute approximate surface area is 181 Å². The molecule has 0 heterocycles. The van der Waals surface area contributed by atoms with Crippen molar-refractivity contribution in [3.8, 4) is 11.5 Å². The van der Waals surface area contributed by atoms with Gasteiger partial charge in [-0.05, 0) is 15.4 Å². The Balaban J connectivity index is 3.03. The summed E-state index contributed by atoms with van der Waals surface area (Å²) < 4.78 is 0.813. The molecule has 0 aliphatic carbocycles. The fraction of sp³-hybridized carbons (Fsp3) is 0.333. The van der Waals surface area contributed by atoms with Crippen molar-refractivity contribution in [3.63, 3.8) is 0 Å².